The van der Waals surface area contributed by atoms with Crippen molar-refractivity contribution in [3.63, 3.8) is 0 Å². The number of hydrogen-bond donors (Lipinski definition) is 2. The Morgan fingerprint density at radius 1 is 1.10 bits per heavy atom. The predicted octanol–water partition coefficient (Wildman–Crippen LogP) is 2.64. The minimum Gasteiger partial charge on any atom is -0.611 e. The minimum atomic E-state index is -2.02. The number of nitrogens with zero attached hydrogens (tertiary/aromatic N) is 3. The van der Waals surface area contributed by atoms with Gasteiger partial charge in [0.05, 0.1) is 0 Å². The van der Waals surface area contributed by atoms with Crippen molar-refractivity contribution in [2.24, 2.45) is 10.7 Å². The van der Waals surface area contributed by atoms with E-state index in [0.29, 0.717) is 13.0 Å². The van der Waals surface area contributed by atoms with Crippen LogP contribution in [0.25, 0.3) is 11.1 Å². The second-order valence-electron chi connectivity index (χ2n) is 7.72. The highest BCUT2D eigenvalue weighted by Crippen LogP contribution is 2.20. The molecule has 2 aromatic rings. The molecular formula is C22H30N5O3P. The molecule has 166 valence electrons. The third kappa shape index (κ3) is 9.32. The number of rotatable bonds is 11. The van der Waals surface area contributed by atoms with E-state index in [9.17, 15) is 14.5 Å². The molecule has 31 heavy (non-hydrogen) atoms. The van der Waals surface area contributed by atoms with Crippen molar-refractivity contribution in [2.75, 3.05) is 12.8 Å². The van der Waals surface area contributed by atoms with E-state index < -0.39 is 14.0 Å². The van der Waals surface area contributed by atoms with Crippen LogP contribution in [-0.2, 0) is 16.0 Å². The van der Waals surface area contributed by atoms with Crippen LogP contribution in [0.3, 0.4) is 0 Å². The third-order valence-electron chi connectivity index (χ3n) is 4.52. The molecule has 0 aliphatic carbocycles. The molecule has 2 N–H and O–H groups in total. The van der Waals surface area contributed by atoms with E-state index in [1.807, 2.05) is 26.0 Å². The molecule has 0 bridgehead atoms. The number of hydrogen-bond acceptors (Lipinski definition) is 6. The summed E-state index contributed by atoms with van der Waals surface area (Å²) in [6.07, 6.45) is 7.14. The van der Waals surface area contributed by atoms with Crippen molar-refractivity contribution in [1.29, 1.82) is 0 Å². The fraction of sp³-hybridized carbons (Fsp3) is 0.455. The zero-order valence-corrected chi connectivity index (χ0v) is 19.1. The lowest BCUT2D eigenvalue weighted by Crippen LogP contribution is -2.35. The van der Waals surface area contributed by atoms with Gasteiger partial charge in [0.1, 0.15) is 6.33 Å². The molecule has 0 radical (unpaired) electrons. The maximum absolute atomic E-state index is 12.5. The van der Waals surface area contributed by atoms with Gasteiger partial charge in [-0.05, 0) is 36.3 Å². The molecule has 2 rings (SSSR count). The van der Waals surface area contributed by atoms with Gasteiger partial charge in [-0.25, -0.2) is 9.97 Å². The molecule has 0 aliphatic rings. The summed E-state index contributed by atoms with van der Waals surface area (Å²) in [4.78, 5) is 43.6. The molecule has 1 aromatic heterocycles. The number of aryl methyl sites for hydroxylation is 1. The van der Waals surface area contributed by atoms with E-state index in [4.69, 9.17) is 0 Å². The van der Waals surface area contributed by atoms with E-state index in [1.54, 1.807) is 12.4 Å². The van der Waals surface area contributed by atoms with E-state index in [2.05, 4.69) is 37.5 Å². The van der Waals surface area contributed by atoms with Crippen LogP contribution in [0.15, 0.2) is 47.7 Å². The van der Waals surface area contributed by atoms with Gasteiger partial charge in [0.25, 0.3) is 0 Å². The van der Waals surface area contributed by atoms with Gasteiger partial charge in [-0.1, -0.05) is 42.9 Å². The minimum absolute atomic E-state index is 0.0440. The average Bonchev–Trinajstić information content (AvgIpc) is 2.75. The smallest absolute Gasteiger partial charge is 0.248 e. The fourth-order valence-corrected chi connectivity index (χ4v) is 3.91. The maximum Gasteiger partial charge on any atom is 0.248 e. The predicted molar refractivity (Wildman–Crippen MR) is 120 cm³/mol. The molecule has 2 amide bonds. The molecule has 1 heterocycles. The van der Waals surface area contributed by atoms with Crippen LogP contribution in [0, 0.1) is 5.92 Å². The molecule has 0 fully saturated rings. The Morgan fingerprint density at radius 3 is 2.39 bits per heavy atom. The first kappa shape index (κ1) is 24.6. The van der Waals surface area contributed by atoms with Gasteiger partial charge in [-0.2, -0.15) is 0 Å². The second kappa shape index (κ2) is 12.9. The molecular weight excluding hydrogens is 413 g/mol. The molecule has 0 aliphatic heterocycles. The van der Waals surface area contributed by atoms with Crippen LogP contribution < -0.4 is 15.5 Å². The molecule has 0 spiro atoms. The zero-order chi connectivity index (χ0) is 22.6. The van der Waals surface area contributed by atoms with Gasteiger partial charge in [-0.15, -0.1) is 0 Å². The van der Waals surface area contributed by atoms with Gasteiger partial charge in [0, 0.05) is 31.4 Å². The van der Waals surface area contributed by atoms with Crippen LogP contribution >= 0.6 is 7.94 Å². The summed E-state index contributed by atoms with van der Waals surface area (Å²) in [7, 11) is -2.02. The molecule has 1 unspecified atom stereocenters. The van der Waals surface area contributed by atoms with Gasteiger partial charge in [0.15, 0.2) is 20.3 Å². The summed E-state index contributed by atoms with van der Waals surface area (Å²) in [5, 5.41) is 5.37. The number of carbonyl (C=O) groups excluding carboxylic acids is 2. The summed E-state index contributed by atoms with van der Waals surface area (Å²) in [5.74, 6) is -0.259. The SMILES string of the molecule is CC(=O)NC[P+]([O-])=N[C@@H](CC(C)C)C(=O)NCCCc1ccc(-c2cncnc2)cc1. The number of carbonyl (C=O) groups is 2. The highest BCUT2D eigenvalue weighted by atomic mass is 31.1. The van der Waals surface area contributed by atoms with E-state index in [1.165, 1.54) is 18.8 Å². The molecule has 0 saturated carbocycles. The van der Waals surface area contributed by atoms with Crippen molar-refractivity contribution in [3.8, 4) is 11.1 Å². The van der Waals surface area contributed by atoms with Crippen molar-refractivity contribution < 1.29 is 14.5 Å². The lowest BCUT2D eigenvalue weighted by Gasteiger charge is -2.14. The first-order valence-electron chi connectivity index (χ1n) is 10.4. The van der Waals surface area contributed by atoms with Gasteiger partial charge >= 0.3 is 0 Å². The first-order valence-corrected chi connectivity index (χ1v) is 11.8. The number of nitrogens with one attached hydrogen (secondary N) is 2. The average molecular weight is 443 g/mol. The van der Waals surface area contributed by atoms with Crippen molar-refractivity contribution >= 4 is 19.8 Å². The van der Waals surface area contributed by atoms with Crippen LogP contribution in [0.1, 0.15) is 39.2 Å². The number of aromatic nitrogens is 2. The maximum atomic E-state index is 12.5. The van der Waals surface area contributed by atoms with Crippen molar-refractivity contribution in [1.82, 2.24) is 20.6 Å². The normalized spacial score (nSPS) is 12.5. The number of benzene rings is 1. The Bertz CT molecular complexity index is 872. The van der Waals surface area contributed by atoms with Crippen LogP contribution in [0.5, 0.6) is 0 Å². The Balaban J connectivity index is 1.82. The lowest BCUT2D eigenvalue weighted by molar-refractivity contribution is -0.157. The number of amides is 2. The molecule has 0 saturated heterocycles. The fourth-order valence-electron chi connectivity index (χ4n) is 2.96. The molecule has 9 heteroatoms. The third-order valence-corrected chi connectivity index (χ3v) is 5.48. The Kier molecular flexibility index (Phi) is 10.2. The van der Waals surface area contributed by atoms with Gasteiger partial charge in [-0.3, -0.25) is 9.59 Å². The summed E-state index contributed by atoms with van der Waals surface area (Å²) in [6.45, 7) is 5.84. The van der Waals surface area contributed by atoms with Crippen LogP contribution in [-0.4, -0.2) is 40.7 Å². The quantitative estimate of drug-likeness (QED) is 0.409. The van der Waals surface area contributed by atoms with E-state index in [0.717, 1.165) is 24.0 Å². The zero-order valence-electron chi connectivity index (χ0n) is 18.2. The molecule has 8 nitrogen and oxygen atoms in total. The summed E-state index contributed by atoms with van der Waals surface area (Å²) < 4.78 is 4.14. The topological polar surface area (TPSA) is 119 Å². The monoisotopic (exact) mass is 443 g/mol. The van der Waals surface area contributed by atoms with Gasteiger partial charge < -0.3 is 15.5 Å². The molecule has 2 atom stereocenters. The largest absolute Gasteiger partial charge is 0.611 e. The first-order chi connectivity index (χ1) is 14.8. The lowest BCUT2D eigenvalue weighted by atomic mass is 10.0. The van der Waals surface area contributed by atoms with Crippen molar-refractivity contribution in [3.05, 3.63) is 48.5 Å². The highest BCUT2D eigenvalue weighted by molar-refractivity contribution is 7.39. The second-order valence-corrected chi connectivity index (χ2v) is 8.97. The Labute approximate surface area is 184 Å². The molecule has 1 aromatic carbocycles. The van der Waals surface area contributed by atoms with Crippen LogP contribution in [0.2, 0.25) is 0 Å². The van der Waals surface area contributed by atoms with Gasteiger partial charge in [0.2, 0.25) is 11.8 Å². The summed E-state index contributed by atoms with van der Waals surface area (Å²) >= 11 is 0. The van der Waals surface area contributed by atoms with Crippen LogP contribution in [0.4, 0.5) is 0 Å². The summed E-state index contributed by atoms with van der Waals surface area (Å²) in [6, 6.07) is 7.53. The highest BCUT2D eigenvalue weighted by Gasteiger charge is 2.22. The Hall–Kier alpha value is -2.70. The Morgan fingerprint density at radius 2 is 1.77 bits per heavy atom. The van der Waals surface area contributed by atoms with E-state index >= 15 is 0 Å². The summed E-state index contributed by atoms with van der Waals surface area (Å²) in [5.41, 5.74) is 3.21. The van der Waals surface area contributed by atoms with E-state index in [-0.39, 0.29) is 24.0 Å². The van der Waals surface area contributed by atoms with Crippen molar-refractivity contribution in [2.45, 2.75) is 46.1 Å². The standard InChI is InChI=1S/C22H30N5O3P/c1-16(2)11-21(27-31(30)15-26-17(3)28)22(29)25-10-4-5-18-6-8-19(9-7-18)20-12-23-14-24-13-20/h6-9,12-14,16,21H,4-5,10-11,15H2,1-3H3,(H,25,29)(H,26,28)/t21-/m0/s1.